The fraction of sp³-hybridized carbons (Fsp3) is 0.786. The summed E-state index contributed by atoms with van der Waals surface area (Å²) in [7, 11) is 0. The highest BCUT2D eigenvalue weighted by Crippen LogP contribution is 2.17. The van der Waals surface area contributed by atoms with Gasteiger partial charge in [0.25, 0.3) is 0 Å². The second-order valence-corrected chi connectivity index (χ2v) is 5.70. The maximum absolute atomic E-state index is 12.2. The number of piperazine rings is 1. The van der Waals surface area contributed by atoms with Gasteiger partial charge in [-0.3, -0.25) is 14.4 Å². The molecular weight excluding hydrogens is 272 g/mol. The van der Waals surface area contributed by atoms with Gasteiger partial charge in [-0.15, -0.1) is 0 Å². The highest BCUT2D eigenvalue weighted by atomic mass is 16.2. The van der Waals surface area contributed by atoms with Crippen LogP contribution in [0.3, 0.4) is 0 Å². The van der Waals surface area contributed by atoms with Crippen LogP contribution in [0.5, 0.6) is 0 Å². The molecule has 0 aromatic carbocycles. The van der Waals surface area contributed by atoms with Crippen molar-refractivity contribution >= 4 is 17.7 Å². The molecule has 2 heterocycles. The van der Waals surface area contributed by atoms with Gasteiger partial charge in [-0.1, -0.05) is 6.92 Å². The molecule has 2 aliphatic rings. The quantitative estimate of drug-likeness (QED) is 0.654. The van der Waals surface area contributed by atoms with Crippen molar-refractivity contribution in [2.24, 2.45) is 11.7 Å². The first-order chi connectivity index (χ1) is 10.0. The first-order valence-corrected chi connectivity index (χ1v) is 7.62. The van der Waals surface area contributed by atoms with Crippen LogP contribution in [0.4, 0.5) is 0 Å². The first kappa shape index (κ1) is 15.8. The Morgan fingerprint density at radius 1 is 0.905 bits per heavy atom. The third-order valence-corrected chi connectivity index (χ3v) is 4.47. The van der Waals surface area contributed by atoms with Crippen LogP contribution in [0, 0.1) is 5.92 Å². The van der Waals surface area contributed by atoms with Crippen LogP contribution in [0.15, 0.2) is 0 Å². The average Bonchev–Trinajstić information content (AvgIpc) is 2.53. The number of likely N-dealkylation sites (N-methyl/N-ethyl adjacent to an activating group) is 1. The predicted octanol–water partition coefficient (Wildman–Crippen LogP) is -1.13. The van der Waals surface area contributed by atoms with Gasteiger partial charge in [0.15, 0.2) is 0 Å². The van der Waals surface area contributed by atoms with Crippen LogP contribution in [0.1, 0.15) is 19.8 Å². The molecule has 0 bridgehead atoms. The van der Waals surface area contributed by atoms with Crippen LogP contribution >= 0.6 is 0 Å². The van der Waals surface area contributed by atoms with Gasteiger partial charge in [0.2, 0.25) is 5.91 Å². The number of carbonyl (C=O) groups is 3. The molecule has 2 fully saturated rings. The van der Waals surface area contributed by atoms with Gasteiger partial charge in [-0.05, 0) is 19.4 Å². The molecule has 0 radical (unpaired) electrons. The largest absolute Gasteiger partial charge is 0.369 e. The number of carbonyl (C=O) groups excluding carboxylic acids is 3. The summed E-state index contributed by atoms with van der Waals surface area (Å²) in [4.78, 5) is 41.0. The molecule has 0 aliphatic carbocycles. The van der Waals surface area contributed by atoms with Crippen LogP contribution in [0.25, 0.3) is 0 Å². The van der Waals surface area contributed by atoms with Crippen LogP contribution < -0.4 is 5.73 Å². The second-order valence-electron chi connectivity index (χ2n) is 5.70. The van der Waals surface area contributed by atoms with Crippen molar-refractivity contribution in [3.05, 3.63) is 0 Å². The highest BCUT2D eigenvalue weighted by Gasteiger charge is 2.32. The Balaban J connectivity index is 1.83. The number of piperidine rings is 1. The van der Waals surface area contributed by atoms with E-state index in [4.69, 9.17) is 5.73 Å². The highest BCUT2D eigenvalue weighted by molar-refractivity contribution is 6.34. The van der Waals surface area contributed by atoms with Gasteiger partial charge in [0.05, 0.1) is 0 Å². The van der Waals surface area contributed by atoms with E-state index in [2.05, 4.69) is 11.8 Å². The van der Waals surface area contributed by atoms with Crippen molar-refractivity contribution in [3.8, 4) is 0 Å². The lowest BCUT2D eigenvalue weighted by molar-refractivity contribution is -0.153. The molecule has 0 aromatic rings. The third-order valence-electron chi connectivity index (χ3n) is 4.47. The molecule has 0 atom stereocenters. The normalized spacial score (nSPS) is 21.4. The van der Waals surface area contributed by atoms with E-state index in [-0.39, 0.29) is 11.8 Å². The van der Waals surface area contributed by atoms with E-state index in [0.29, 0.717) is 39.0 Å². The van der Waals surface area contributed by atoms with Crippen molar-refractivity contribution in [1.29, 1.82) is 0 Å². The molecule has 2 N–H and O–H groups in total. The monoisotopic (exact) mass is 296 g/mol. The fourth-order valence-corrected chi connectivity index (χ4v) is 2.90. The van der Waals surface area contributed by atoms with Gasteiger partial charge >= 0.3 is 11.8 Å². The van der Waals surface area contributed by atoms with Crippen molar-refractivity contribution in [2.75, 3.05) is 45.8 Å². The Morgan fingerprint density at radius 2 is 1.38 bits per heavy atom. The van der Waals surface area contributed by atoms with Gasteiger partial charge < -0.3 is 20.4 Å². The standard InChI is InChI=1S/C14H24N4O3/c1-2-16-7-9-18(10-8-16)14(21)13(20)17-5-3-11(4-6-17)12(15)19/h11H,2-10H2,1H3,(H2,15,19). The minimum absolute atomic E-state index is 0.169. The number of rotatable bonds is 2. The van der Waals surface area contributed by atoms with Gasteiger partial charge in [-0.25, -0.2) is 0 Å². The molecule has 7 heteroatoms. The summed E-state index contributed by atoms with van der Waals surface area (Å²) in [6.07, 6.45) is 1.11. The lowest BCUT2D eigenvalue weighted by atomic mass is 9.96. The molecule has 21 heavy (non-hydrogen) atoms. The molecule has 3 amide bonds. The molecule has 2 aliphatic heterocycles. The molecular formula is C14H24N4O3. The summed E-state index contributed by atoms with van der Waals surface area (Å²) in [5, 5.41) is 0. The zero-order valence-electron chi connectivity index (χ0n) is 12.6. The molecule has 2 rings (SSSR count). The van der Waals surface area contributed by atoms with Crippen LogP contribution in [-0.2, 0) is 14.4 Å². The number of primary amides is 1. The molecule has 118 valence electrons. The van der Waals surface area contributed by atoms with E-state index in [1.165, 1.54) is 0 Å². The minimum atomic E-state index is -0.442. The number of amides is 3. The summed E-state index contributed by atoms with van der Waals surface area (Å²) >= 11 is 0. The van der Waals surface area contributed by atoms with Crippen LogP contribution in [0.2, 0.25) is 0 Å². The van der Waals surface area contributed by atoms with Crippen molar-refractivity contribution < 1.29 is 14.4 Å². The van der Waals surface area contributed by atoms with Gasteiger partial charge in [-0.2, -0.15) is 0 Å². The van der Waals surface area contributed by atoms with Crippen molar-refractivity contribution in [3.63, 3.8) is 0 Å². The molecule has 0 aromatic heterocycles. The topological polar surface area (TPSA) is 87.0 Å². The summed E-state index contributed by atoms with van der Waals surface area (Å²) in [6.45, 7) is 6.78. The number of likely N-dealkylation sites (tertiary alicyclic amines) is 1. The van der Waals surface area contributed by atoms with E-state index >= 15 is 0 Å². The molecule has 0 spiro atoms. The maximum Gasteiger partial charge on any atom is 0.312 e. The summed E-state index contributed by atoms with van der Waals surface area (Å²) in [5.41, 5.74) is 5.27. The van der Waals surface area contributed by atoms with E-state index in [1.807, 2.05) is 0 Å². The van der Waals surface area contributed by atoms with E-state index < -0.39 is 11.8 Å². The van der Waals surface area contributed by atoms with E-state index in [1.54, 1.807) is 9.80 Å². The number of nitrogens with two attached hydrogens (primary N) is 1. The maximum atomic E-state index is 12.2. The zero-order chi connectivity index (χ0) is 15.4. The fourth-order valence-electron chi connectivity index (χ4n) is 2.90. The number of hydrogen-bond acceptors (Lipinski definition) is 4. The molecule has 2 saturated heterocycles. The van der Waals surface area contributed by atoms with Gasteiger partial charge in [0, 0.05) is 45.2 Å². The predicted molar refractivity (Wildman–Crippen MR) is 77.2 cm³/mol. The average molecular weight is 296 g/mol. The summed E-state index contributed by atoms with van der Waals surface area (Å²) in [5.74, 6) is -1.34. The molecule has 7 nitrogen and oxygen atoms in total. The summed E-state index contributed by atoms with van der Waals surface area (Å²) < 4.78 is 0. The minimum Gasteiger partial charge on any atom is -0.369 e. The van der Waals surface area contributed by atoms with E-state index in [0.717, 1.165) is 19.6 Å². The van der Waals surface area contributed by atoms with Crippen molar-refractivity contribution in [1.82, 2.24) is 14.7 Å². The smallest absolute Gasteiger partial charge is 0.312 e. The first-order valence-electron chi connectivity index (χ1n) is 7.62. The Morgan fingerprint density at radius 3 is 1.81 bits per heavy atom. The molecule has 0 saturated carbocycles. The number of nitrogens with zero attached hydrogens (tertiary/aromatic N) is 3. The molecule has 0 unspecified atom stereocenters. The second kappa shape index (κ2) is 6.89. The Kier molecular flexibility index (Phi) is 5.17. The summed E-state index contributed by atoms with van der Waals surface area (Å²) in [6, 6.07) is 0. The lowest BCUT2D eigenvalue weighted by Gasteiger charge is -2.36. The Labute approximate surface area is 125 Å². The van der Waals surface area contributed by atoms with Gasteiger partial charge in [0.1, 0.15) is 0 Å². The Hall–Kier alpha value is -1.63. The third kappa shape index (κ3) is 3.72. The number of hydrogen-bond donors (Lipinski definition) is 1. The van der Waals surface area contributed by atoms with Crippen LogP contribution in [-0.4, -0.2) is 78.2 Å². The Bertz CT molecular complexity index is 410. The SMILES string of the molecule is CCN1CCN(C(=O)C(=O)N2CCC(C(N)=O)CC2)CC1. The zero-order valence-corrected chi connectivity index (χ0v) is 12.6. The van der Waals surface area contributed by atoms with E-state index in [9.17, 15) is 14.4 Å². The van der Waals surface area contributed by atoms with Crippen molar-refractivity contribution in [2.45, 2.75) is 19.8 Å². The lowest BCUT2D eigenvalue weighted by Crippen LogP contribution is -2.54.